The Balaban J connectivity index is 2.37. The molecule has 88 valence electrons. The lowest BCUT2D eigenvalue weighted by Crippen LogP contribution is -1.96. The molecule has 3 heteroatoms. The largest absolute Gasteiger partial charge is 0.506 e. The summed E-state index contributed by atoms with van der Waals surface area (Å²) in [6.07, 6.45) is 4.10. The molecule has 0 fully saturated rings. The summed E-state index contributed by atoms with van der Waals surface area (Å²) in [5, 5.41) is 9.44. The molecule has 1 aromatic heterocycles. The fraction of sp³-hybridized carbons (Fsp3) is 0.214. The fourth-order valence-corrected chi connectivity index (χ4v) is 1.62. The molecule has 3 nitrogen and oxygen atoms in total. The standard InChI is InChI=1S/C14H15NO2/c1-2-7-17-14-6-4-3-5-13(14)11-8-12(16)10-15-9-11/h3-6,8-10,16H,2,7H2,1H3. The molecule has 1 heterocycles. The molecule has 0 radical (unpaired) electrons. The molecule has 0 atom stereocenters. The van der Waals surface area contributed by atoms with E-state index in [-0.39, 0.29) is 5.75 Å². The molecule has 1 aromatic carbocycles. The fourth-order valence-electron chi connectivity index (χ4n) is 1.62. The van der Waals surface area contributed by atoms with Gasteiger partial charge in [0.2, 0.25) is 0 Å². The van der Waals surface area contributed by atoms with E-state index in [1.54, 1.807) is 12.3 Å². The SMILES string of the molecule is CCCOc1ccccc1-c1cncc(O)c1. The molecule has 0 aliphatic rings. The lowest BCUT2D eigenvalue weighted by Gasteiger charge is -2.10. The van der Waals surface area contributed by atoms with Gasteiger partial charge in [-0.3, -0.25) is 4.98 Å². The highest BCUT2D eigenvalue weighted by atomic mass is 16.5. The first-order valence-electron chi connectivity index (χ1n) is 5.67. The Labute approximate surface area is 101 Å². The number of hydrogen-bond acceptors (Lipinski definition) is 3. The van der Waals surface area contributed by atoms with Gasteiger partial charge in [0.25, 0.3) is 0 Å². The summed E-state index contributed by atoms with van der Waals surface area (Å²) >= 11 is 0. The van der Waals surface area contributed by atoms with Crippen LogP contribution >= 0.6 is 0 Å². The van der Waals surface area contributed by atoms with Crippen LogP contribution < -0.4 is 4.74 Å². The third-order valence-corrected chi connectivity index (χ3v) is 2.38. The monoisotopic (exact) mass is 229 g/mol. The molecule has 0 amide bonds. The zero-order valence-corrected chi connectivity index (χ0v) is 9.76. The van der Waals surface area contributed by atoms with E-state index >= 15 is 0 Å². The summed E-state index contributed by atoms with van der Waals surface area (Å²) in [6, 6.07) is 9.44. The number of benzene rings is 1. The number of ether oxygens (including phenoxy) is 1. The van der Waals surface area contributed by atoms with Crippen molar-refractivity contribution in [2.45, 2.75) is 13.3 Å². The normalized spacial score (nSPS) is 10.2. The topological polar surface area (TPSA) is 42.4 Å². The van der Waals surface area contributed by atoms with Crippen molar-refractivity contribution in [2.24, 2.45) is 0 Å². The summed E-state index contributed by atoms with van der Waals surface area (Å²) < 4.78 is 5.67. The van der Waals surface area contributed by atoms with Crippen LogP contribution in [0.2, 0.25) is 0 Å². The zero-order chi connectivity index (χ0) is 12.1. The smallest absolute Gasteiger partial charge is 0.134 e. The minimum absolute atomic E-state index is 0.160. The molecular formula is C14H15NO2. The van der Waals surface area contributed by atoms with Gasteiger partial charge in [-0.05, 0) is 18.6 Å². The highest BCUT2D eigenvalue weighted by molar-refractivity contribution is 5.70. The van der Waals surface area contributed by atoms with Gasteiger partial charge in [0, 0.05) is 17.3 Å². The van der Waals surface area contributed by atoms with Crippen molar-refractivity contribution in [3.05, 3.63) is 42.7 Å². The van der Waals surface area contributed by atoms with Crippen LogP contribution in [0.25, 0.3) is 11.1 Å². The van der Waals surface area contributed by atoms with Crippen molar-refractivity contribution in [1.82, 2.24) is 4.98 Å². The molecule has 0 saturated heterocycles. The van der Waals surface area contributed by atoms with Crippen LogP contribution in [0, 0.1) is 0 Å². The summed E-state index contributed by atoms with van der Waals surface area (Å²) in [5.41, 5.74) is 1.81. The number of para-hydroxylation sites is 1. The van der Waals surface area contributed by atoms with E-state index < -0.39 is 0 Å². The second kappa shape index (κ2) is 5.34. The Morgan fingerprint density at radius 2 is 2.06 bits per heavy atom. The van der Waals surface area contributed by atoms with E-state index in [2.05, 4.69) is 11.9 Å². The summed E-state index contributed by atoms with van der Waals surface area (Å²) in [4.78, 5) is 3.98. The maximum Gasteiger partial charge on any atom is 0.134 e. The number of hydrogen-bond donors (Lipinski definition) is 1. The highest BCUT2D eigenvalue weighted by Gasteiger charge is 2.06. The van der Waals surface area contributed by atoms with Crippen molar-refractivity contribution < 1.29 is 9.84 Å². The minimum Gasteiger partial charge on any atom is -0.506 e. The molecule has 1 N–H and O–H groups in total. The zero-order valence-electron chi connectivity index (χ0n) is 9.76. The Kier molecular flexibility index (Phi) is 3.60. The second-order valence-electron chi connectivity index (χ2n) is 3.78. The Morgan fingerprint density at radius 1 is 1.24 bits per heavy atom. The number of aromatic nitrogens is 1. The van der Waals surface area contributed by atoms with Gasteiger partial charge < -0.3 is 9.84 Å². The minimum atomic E-state index is 0.160. The first-order valence-corrected chi connectivity index (χ1v) is 5.67. The first kappa shape index (κ1) is 11.5. The van der Waals surface area contributed by atoms with Crippen molar-refractivity contribution >= 4 is 0 Å². The Morgan fingerprint density at radius 3 is 2.82 bits per heavy atom. The van der Waals surface area contributed by atoms with Crippen LogP contribution in [0.3, 0.4) is 0 Å². The van der Waals surface area contributed by atoms with E-state index in [1.807, 2.05) is 24.3 Å². The van der Waals surface area contributed by atoms with Gasteiger partial charge in [0.15, 0.2) is 0 Å². The van der Waals surface area contributed by atoms with E-state index in [9.17, 15) is 5.11 Å². The average Bonchev–Trinajstić information content (AvgIpc) is 2.37. The molecule has 0 bridgehead atoms. The van der Waals surface area contributed by atoms with Crippen LogP contribution in [-0.2, 0) is 0 Å². The average molecular weight is 229 g/mol. The molecule has 2 aromatic rings. The third-order valence-electron chi connectivity index (χ3n) is 2.38. The predicted octanol–water partition coefficient (Wildman–Crippen LogP) is 3.24. The van der Waals surface area contributed by atoms with Gasteiger partial charge in [0.1, 0.15) is 11.5 Å². The van der Waals surface area contributed by atoms with Gasteiger partial charge in [-0.2, -0.15) is 0 Å². The predicted molar refractivity (Wildman–Crippen MR) is 67.1 cm³/mol. The number of nitrogens with zero attached hydrogens (tertiary/aromatic N) is 1. The van der Waals surface area contributed by atoms with E-state index in [0.29, 0.717) is 6.61 Å². The van der Waals surface area contributed by atoms with Gasteiger partial charge >= 0.3 is 0 Å². The summed E-state index contributed by atoms with van der Waals surface area (Å²) in [6.45, 7) is 2.75. The quantitative estimate of drug-likeness (QED) is 0.875. The number of aromatic hydroxyl groups is 1. The highest BCUT2D eigenvalue weighted by Crippen LogP contribution is 2.30. The maximum atomic E-state index is 9.44. The van der Waals surface area contributed by atoms with Gasteiger partial charge in [-0.15, -0.1) is 0 Å². The summed E-state index contributed by atoms with van der Waals surface area (Å²) in [7, 11) is 0. The van der Waals surface area contributed by atoms with E-state index in [1.165, 1.54) is 6.20 Å². The van der Waals surface area contributed by atoms with Gasteiger partial charge in [-0.25, -0.2) is 0 Å². The second-order valence-corrected chi connectivity index (χ2v) is 3.78. The molecule has 17 heavy (non-hydrogen) atoms. The Bertz CT molecular complexity index is 497. The van der Waals surface area contributed by atoms with Crippen LogP contribution in [0.5, 0.6) is 11.5 Å². The lowest BCUT2D eigenvalue weighted by molar-refractivity contribution is 0.318. The van der Waals surface area contributed by atoms with Crippen LogP contribution in [0.1, 0.15) is 13.3 Å². The molecule has 2 rings (SSSR count). The number of rotatable bonds is 4. The summed E-state index contributed by atoms with van der Waals surface area (Å²) in [5.74, 6) is 0.981. The van der Waals surface area contributed by atoms with E-state index in [4.69, 9.17) is 4.74 Å². The molecule has 0 saturated carbocycles. The first-order chi connectivity index (χ1) is 8.31. The van der Waals surface area contributed by atoms with Crippen molar-refractivity contribution in [3.63, 3.8) is 0 Å². The van der Waals surface area contributed by atoms with E-state index in [0.717, 1.165) is 23.3 Å². The molecular weight excluding hydrogens is 214 g/mol. The van der Waals surface area contributed by atoms with Gasteiger partial charge in [0.05, 0.1) is 12.8 Å². The van der Waals surface area contributed by atoms with Crippen LogP contribution in [0.4, 0.5) is 0 Å². The van der Waals surface area contributed by atoms with Crippen LogP contribution in [0.15, 0.2) is 42.7 Å². The third kappa shape index (κ3) is 2.75. The maximum absolute atomic E-state index is 9.44. The lowest BCUT2D eigenvalue weighted by atomic mass is 10.1. The molecule has 0 spiro atoms. The molecule has 0 unspecified atom stereocenters. The van der Waals surface area contributed by atoms with Gasteiger partial charge in [-0.1, -0.05) is 25.1 Å². The number of pyridine rings is 1. The van der Waals surface area contributed by atoms with Crippen molar-refractivity contribution in [1.29, 1.82) is 0 Å². The van der Waals surface area contributed by atoms with Crippen LogP contribution in [-0.4, -0.2) is 16.7 Å². The Hall–Kier alpha value is -2.03. The molecule has 0 aliphatic carbocycles. The van der Waals surface area contributed by atoms with Crippen molar-refractivity contribution in [2.75, 3.05) is 6.61 Å². The van der Waals surface area contributed by atoms with Crippen molar-refractivity contribution in [3.8, 4) is 22.6 Å². The molecule has 0 aliphatic heterocycles.